The fraction of sp³-hybridized carbons (Fsp3) is 1.00. The highest BCUT2D eigenvalue weighted by molar-refractivity contribution is 4.96. The van der Waals surface area contributed by atoms with Gasteiger partial charge in [0.05, 0.1) is 0 Å². The molecule has 0 fully saturated rings. The van der Waals surface area contributed by atoms with Gasteiger partial charge in [0.1, 0.15) is 0 Å². The Hall–Kier alpha value is -0.810. The van der Waals surface area contributed by atoms with Crippen molar-refractivity contribution in [3.05, 3.63) is 0 Å². The van der Waals surface area contributed by atoms with E-state index >= 15 is 0 Å². The van der Waals surface area contributed by atoms with Gasteiger partial charge < -0.3 is 0 Å². The molecule has 0 radical (unpaired) electrons. The topological polar surface area (TPSA) is 3.24 Å². The molecule has 0 aliphatic heterocycles. The van der Waals surface area contributed by atoms with Gasteiger partial charge in [0.2, 0.25) is 0 Å². The van der Waals surface area contributed by atoms with Crippen LogP contribution in [0.25, 0.3) is 0 Å². The molecule has 0 saturated heterocycles. The normalized spacial score (nSPS) is 15.3. The minimum absolute atomic E-state index is 2.75. The Bertz CT molecular complexity index is 282. The SMILES string of the molecule is FCN(C(F)(F)F)C(F)(F)C(F)(F)C(F)(F)CF. The molecule has 0 rings (SSSR count). The van der Waals surface area contributed by atoms with E-state index in [1.807, 2.05) is 0 Å². The molecular formula is C6H4F11N. The number of hydrogen-bond acceptors (Lipinski definition) is 1. The third-order valence-corrected chi connectivity index (χ3v) is 1.77. The highest BCUT2D eigenvalue weighted by Crippen LogP contribution is 2.50. The van der Waals surface area contributed by atoms with Crippen LogP contribution in [-0.2, 0) is 0 Å². The molecule has 110 valence electrons. The lowest BCUT2D eigenvalue weighted by molar-refractivity contribution is -0.419. The average Bonchev–Trinajstić information content (AvgIpc) is 2.15. The zero-order chi connectivity index (χ0) is 15.0. The minimum atomic E-state index is -6.75. The first-order chi connectivity index (χ1) is 7.75. The van der Waals surface area contributed by atoms with Gasteiger partial charge in [-0.3, -0.25) is 0 Å². The molecule has 0 saturated carbocycles. The van der Waals surface area contributed by atoms with Crippen molar-refractivity contribution in [2.75, 3.05) is 13.5 Å². The summed E-state index contributed by atoms with van der Waals surface area (Å²) in [5, 5.41) is 0. The van der Waals surface area contributed by atoms with Gasteiger partial charge in [-0.15, -0.1) is 4.90 Å². The lowest BCUT2D eigenvalue weighted by Crippen LogP contribution is -2.65. The lowest BCUT2D eigenvalue weighted by Gasteiger charge is -2.37. The van der Waals surface area contributed by atoms with Gasteiger partial charge in [-0.2, -0.15) is 39.5 Å². The molecule has 0 atom stereocenters. The van der Waals surface area contributed by atoms with Crippen molar-refractivity contribution in [2.45, 2.75) is 24.2 Å². The van der Waals surface area contributed by atoms with Crippen molar-refractivity contribution in [2.24, 2.45) is 0 Å². The predicted molar refractivity (Wildman–Crippen MR) is 34.7 cm³/mol. The first-order valence-electron chi connectivity index (χ1n) is 3.85. The van der Waals surface area contributed by atoms with Gasteiger partial charge >= 0.3 is 24.2 Å². The molecule has 0 N–H and O–H groups in total. The highest BCUT2D eigenvalue weighted by atomic mass is 19.4. The first-order valence-corrected chi connectivity index (χ1v) is 3.85. The molecule has 12 heteroatoms. The summed E-state index contributed by atoms with van der Waals surface area (Å²) < 4.78 is 133. The smallest absolute Gasteiger partial charge is 0.244 e. The van der Waals surface area contributed by atoms with Crippen LogP contribution in [0.3, 0.4) is 0 Å². The summed E-state index contributed by atoms with van der Waals surface area (Å²) in [4.78, 5) is -2.75. The van der Waals surface area contributed by atoms with Crippen molar-refractivity contribution < 1.29 is 48.3 Å². The monoisotopic (exact) mass is 299 g/mol. The van der Waals surface area contributed by atoms with E-state index < -0.39 is 42.6 Å². The van der Waals surface area contributed by atoms with Crippen molar-refractivity contribution in [3.63, 3.8) is 0 Å². The maximum atomic E-state index is 12.6. The summed E-state index contributed by atoms with van der Waals surface area (Å²) in [5.74, 6) is -12.8. The van der Waals surface area contributed by atoms with E-state index in [9.17, 15) is 48.3 Å². The number of hydrogen-bond donors (Lipinski definition) is 0. The lowest BCUT2D eigenvalue weighted by atomic mass is 10.1. The minimum Gasteiger partial charge on any atom is -0.244 e. The molecule has 0 unspecified atom stereocenters. The van der Waals surface area contributed by atoms with E-state index in [1.54, 1.807) is 0 Å². The number of nitrogens with zero attached hydrogens (tertiary/aromatic N) is 1. The second kappa shape index (κ2) is 4.70. The van der Waals surface area contributed by atoms with Crippen LogP contribution in [0.15, 0.2) is 0 Å². The molecule has 0 aliphatic rings. The van der Waals surface area contributed by atoms with Crippen LogP contribution < -0.4 is 0 Å². The van der Waals surface area contributed by atoms with Gasteiger partial charge in [-0.1, -0.05) is 0 Å². The van der Waals surface area contributed by atoms with Gasteiger partial charge in [0, 0.05) is 0 Å². The van der Waals surface area contributed by atoms with Crippen molar-refractivity contribution >= 4 is 0 Å². The maximum Gasteiger partial charge on any atom is 0.467 e. The van der Waals surface area contributed by atoms with Crippen LogP contribution in [0.2, 0.25) is 0 Å². The summed E-state index contributed by atoms with van der Waals surface area (Å²) in [6.45, 7) is -6.55. The van der Waals surface area contributed by atoms with E-state index in [-0.39, 0.29) is 0 Å². The largest absolute Gasteiger partial charge is 0.467 e. The summed E-state index contributed by atoms with van der Waals surface area (Å²) in [5.41, 5.74) is 0. The molecule has 0 aliphatic carbocycles. The average molecular weight is 299 g/mol. The van der Waals surface area contributed by atoms with Crippen molar-refractivity contribution in [3.8, 4) is 0 Å². The Balaban J connectivity index is 5.61. The van der Waals surface area contributed by atoms with Gasteiger partial charge in [0.25, 0.3) is 0 Å². The Morgan fingerprint density at radius 1 is 0.722 bits per heavy atom. The van der Waals surface area contributed by atoms with Crippen LogP contribution in [0, 0.1) is 0 Å². The van der Waals surface area contributed by atoms with E-state index in [0.717, 1.165) is 0 Å². The number of halogens is 11. The van der Waals surface area contributed by atoms with E-state index in [1.165, 1.54) is 0 Å². The summed E-state index contributed by atoms with van der Waals surface area (Å²) >= 11 is 0. The summed E-state index contributed by atoms with van der Waals surface area (Å²) in [7, 11) is 0. The van der Waals surface area contributed by atoms with E-state index in [2.05, 4.69) is 0 Å². The molecule has 0 aromatic carbocycles. The summed E-state index contributed by atoms with van der Waals surface area (Å²) in [6, 6.07) is -6.66. The second-order valence-corrected chi connectivity index (χ2v) is 2.97. The molecule has 0 aromatic rings. The van der Waals surface area contributed by atoms with Crippen LogP contribution in [-0.4, -0.2) is 42.6 Å². The van der Waals surface area contributed by atoms with Gasteiger partial charge in [0.15, 0.2) is 13.5 Å². The quantitative estimate of drug-likeness (QED) is 0.554. The summed E-state index contributed by atoms with van der Waals surface area (Å²) in [6.07, 6.45) is -6.35. The van der Waals surface area contributed by atoms with Gasteiger partial charge in [-0.05, 0) is 0 Å². The van der Waals surface area contributed by atoms with Crippen LogP contribution >= 0.6 is 0 Å². The molecule has 18 heavy (non-hydrogen) atoms. The Kier molecular flexibility index (Phi) is 4.49. The molecule has 0 bridgehead atoms. The number of alkyl halides is 11. The molecule has 0 spiro atoms. The molecule has 1 nitrogen and oxygen atoms in total. The van der Waals surface area contributed by atoms with Crippen LogP contribution in [0.4, 0.5) is 48.3 Å². The van der Waals surface area contributed by atoms with E-state index in [0.29, 0.717) is 0 Å². The fourth-order valence-corrected chi connectivity index (χ4v) is 0.775. The number of rotatable bonds is 5. The molecule has 0 amide bonds. The molecular weight excluding hydrogens is 295 g/mol. The van der Waals surface area contributed by atoms with E-state index in [4.69, 9.17) is 0 Å². The Morgan fingerprint density at radius 2 is 1.11 bits per heavy atom. The first kappa shape index (κ1) is 17.2. The third kappa shape index (κ3) is 2.62. The molecule has 0 aromatic heterocycles. The molecule has 0 heterocycles. The third-order valence-electron chi connectivity index (χ3n) is 1.77. The van der Waals surface area contributed by atoms with Crippen molar-refractivity contribution in [1.29, 1.82) is 0 Å². The standard InChI is InChI=1S/C6H4F11N/c7-1-3(9,10)4(11,12)5(13,14)18(2-8)6(15,16)17/h1-2H2. The fourth-order valence-electron chi connectivity index (χ4n) is 0.775. The maximum absolute atomic E-state index is 12.6. The van der Waals surface area contributed by atoms with Crippen LogP contribution in [0.1, 0.15) is 0 Å². The zero-order valence-electron chi connectivity index (χ0n) is 8.02. The Labute approximate surface area is 92.1 Å². The van der Waals surface area contributed by atoms with Crippen molar-refractivity contribution in [1.82, 2.24) is 4.90 Å². The van der Waals surface area contributed by atoms with Crippen LogP contribution in [0.5, 0.6) is 0 Å². The highest BCUT2D eigenvalue weighted by Gasteiger charge is 2.77. The second-order valence-electron chi connectivity index (χ2n) is 2.97. The predicted octanol–water partition coefficient (Wildman–Crippen LogP) is 3.57. The zero-order valence-corrected chi connectivity index (χ0v) is 8.02. The Morgan fingerprint density at radius 3 is 1.33 bits per heavy atom. The van der Waals surface area contributed by atoms with Gasteiger partial charge in [-0.25, -0.2) is 8.78 Å².